The summed E-state index contributed by atoms with van der Waals surface area (Å²) in [4.78, 5) is 50.4. The number of pyridine rings is 1. The van der Waals surface area contributed by atoms with Crippen LogP contribution in [0, 0.1) is 24.7 Å². The van der Waals surface area contributed by atoms with Crippen LogP contribution < -0.4 is 25.2 Å². The fourth-order valence-corrected chi connectivity index (χ4v) is 13.1. The molecule has 6 aliphatic rings. The molecule has 15 heteroatoms. The predicted octanol–water partition coefficient (Wildman–Crippen LogP) is 7.52. The maximum atomic E-state index is 14.3. The Kier molecular flexibility index (Phi) is 14.7. The minimum atomic E-state index is -0.508. The first-order valence-corrected chi connectivity index (χ1v) is 26.9. The number of nitrogens with zero attached hydrogens (tertiary/aromatic N) is 8. The van der Waals surface area contributed by atoms with Gasteiger partial charge in [-0.1, -0.05) is 43.3 Å². The maximum absolute atomic E-state index is 14.3. The summed E-state index contributed by atoms with van der Waals surface area (Å²) < 4.78 is 12.5. The number of hydrogen-bond acceptors (Lipinski definition) is 13. The second-order valence-electron chi connectivity index (χ2n) is 21.2. The SMILES string of the molecule is Cc1ncsc1-c1ccc([C@H](C)NC(=O)[C@@H]2CCCN2C(=O)[C@@H](c2cc(N3CCC(CN4CCC(CN5CCC(Oc6cc(N7C8CCC7CNC8)ccn6)CC5)CC4)CC3)no2)C(C)C)cc1. The molecule has 9 heterocycles. The quantitative estimate of drug-likeness (QED) is 0.122. The van der Waals surface area contributed by atoms with Gasteiger partial charge in [0.1, 0.15) is 18.1 Å². The zero-order valence-electron chi connectivity index (χ0n) is 40.9. The van der Waals surface area contributed by atoms with E-state index in [1.807, 2.05) is 31.6 Å². The Morgan fingerprint density at radius 1 is 0.824 bits per heavy atom. The van der Waals surface area contributed by atoms with Crippen molar-refractivity contribution in [3.05, 3.63) is 71.2 Å². The number of likely N-dealkylation sites (tertiary alicyclic amines) is 3. The van der Waals surface area contributed by atoms with Gasteiger partial charge in [-0.2, -0.15) is 0 Å². The Morgan fingerprint density at radius 2 is 1.50 bits per heavy atom. The van der Waals surface area contributed by atoms with Crippen molar-refractivity contribution in [2.45, 2.75) is 128 Å². The molecule has 2 bridgehead atoms. The maximum Gasteiger partial charge on any atom is 0.243 e. The van der Waals surface area contributed by atoms with Crippen LogP contribution in [0.4, 0.5) is 11.5 Å². The molecule has 14 nitrogen and oxygen atoms in total. The van der Waals surface area contributed by atoms with Gasteiger partial charge < -0.3 is 44.4 Å². The molecule has 68 heavy (non-hydrogen) atoms. The molecular formula is C53H74N10O4S. The number of aromatic nitrogens is 3. The van der Waals surface area contributed by atoms with Crippen molar-refractivity contribution in [1.29, 1.82) is 0 Å². The van der Waals surface area contributed by atoms with Crippen LogP contribution in [0.2, 0.25) is 0 Å². The van der Waals surface area contributed by atoms with Gasteiger partial charge >= 0.3 is 0 Å². The zero-order chi connectivity index (χ0) is 46.7. The summed E-state index contributed by atoms with van der Waals surface area (Å²) in [5, 5.41) is 11.3. The van der Waals surface area contributed by atoms with E-state index in [-0.39, 0.29) is 29.9 Å². The molecule has 6 aliphatic heterocycles. The number of hydrogen-bond donors (Lipinski definition) is 2. The molecule has 366 valence electrons. The fourth-order valence-electron chi connectivity index (χ4n) is 12.3. The van der Waals surface area contributed by atoms with Gasteiger partial charge in [-0.05, 0) is 126 Å². The molecule has 0 aliphatic carbocycles. The van der Waals surface area contributed by atoms with E-state index in [1.165, 1.54) is 57.5 Å². The van der Waals surface area contributed by atoms with Crippen LogP contribution in [0.1, 0.15) is 114 Å². The van der Waals surface area contributed by atoms with Crippen LogP contribution in [0.5, 0.6) is 5.88 Å². The van der Waals surface area contributed by atoms with E-state index < -0.39 is 12.0 Å². The normalized spacial score (nSPS) is 24.5. The molecule has 2 N–H and O–H groups in total. The minimum Gasteiger partial charge on any atom is -0.474 e. The van der Waals surface area contributed by atoms with Crippen molar-refractivity contribution >= 4 is 34.7 Å². The van der Waals surface area contributed by atoms with Crippen LogP contribution in [-0.2, 0) is 9.59 Å². The summed E-state index contributed by atoms with van der Waals surface area (Å²) in [6.45, 7) is 19.7. The standard InChI is InChI=1S/C53H74N10O4S/c1-35(2)50(53(65)62-21-5-6-46(62)52(64)57-36(3)40-7-9-41(10-8-40)51-37(4)56-34-68-51)47-29-48(58-67-47)61-26-16-39(17-27-61)33-59-22-14-38(15-23-59)32-60-24-18-45(19-25-60)66-49-28-42(13-20-55-49)63-43-11-12-44(63)31-54-30-43/h7-10,13,20,28-29,34-36,38-39,43-46,50,54H,5-6,11-12,14-19,21-27,30-33H2,1-4H3,(H,57,64)/t36-,43?,44?,46-,50+/m0/s1. The lowest BCUT2D eigenvalue weighted by Gasteiger charge is -2.39. The van der Waals surface area contributed by atoms with Crippen molar-refractivity contribution in [1.82, 2.24) is 40.5 Å². The number of ether oxygens (including phenoxy) is 1. The van der Waals surface area contributed by atoms with Crippen molar-refractivity contribution in [2.75, 3.05) is 81.8 Å². The highest BCUT2D eigenvalue weighted by molar-refractivity contribution is 7.13. The summed E-state index contributed by atoms with van der Waals surface area (Å²) in [6.07, 6.45) is 13.1. The summed E-state index contributed by atoms with van der Waals surface area (Å²) in [5.41, 5.74) is 6.31. The van der Waals surface area contributed by atoms with Gasteiger partial charge in [0, 0.05) is 95.0 Å². The lowest BCUT2D eigenvalue weighted by atomic mass is 9.91. The Labute approximate surface area is 407 Å². The molecule has 0 spiro atoms. The number of benzene rings is 1. The number of aryl methyl sites for hydroxylation is 1. The molecule has 0 saturated carbocycles. The molecule has 2 amide bonds. The first-order valence-electron chi connectivity index (χ1n) is 26.0. The average molecular weight is 947 g/mol. The third kappa shape index (κ3) is 10.6. The molecular weight excluding hydrogens is 873 g/mol. The van der Waals surface area contributed by atoms with E-state index in [0.717, 1.165) is 111 Å². The molecule has 4 aromatic rings. The number of thiazole rings is 1. The lowest BCUT2D eigenvalue weighted by molar-refractivity contribution is -0.141. The Bertz CT molecular complexity index is 2280. The lowest BCUT2D eigenvalue weighted by Crippen LogP contribution is -2.52. The van der Waals surface area contributed by atoms with Crippen molar-refractivity contribution in [3.8, 4) is 16.3 Å². The number of piperidine rings is 3. The van der Waals surface area contributed by atoms with Crippen LogP contribution >= 0.6 is 11.3 Å². The van der Waals surface area contributed by atoms with Crippen molar-refractivity contribution in [3.63, 3.8) is 0 Å². The number of anilines is 2. The van der Waals surface area contributed by atoms with Gasteiger partial charge in [-0.25, -0.2) is 9.97 Å². The number of fused-ring (bicyclic) bond motifs is 2. The van der Waals surface area contributed by atoms with Gasteiger partial charge in [-0.15, -0.1) is 11.3 Å². The molecule has 2 unspecified atom stereocenters. The largest absolute Gasteiger partial charge is 0.474 e. The Hall–Kier alpha value is -4.57. The second-order valence-corrected chi connectivity index (χ2v) is 22.1. The molecule has 6 fully saturated rings. The van der Waals surface area contributed by atoms with Gasteiger partial charge in [0.05, 0.1) is 22.1 Å². The van der Waals surface area contributed by atoms with E-state index in [9.17, 15) is 9.59 Å². The predicted molar refractivity (Wildman–Crippen MR) is 268 cm³/mol. The van der Waals surface area contributed by atoms with Crippen LogP contribution in [-0.4, -0.2) is 138 Å². The van der Waals surface area contributed by atoms with Crippen molar-refractivity contribution in [2.24, 2.45) is 17.8 Å². The van der Waals surface area contributed by atoms with Gasteiger partial charge in [0.2, 0.25) is 17.7 Å². The highest BCUT2D eigenvalue weighted by atomic mass is 32.1. The fraction of sp³-hybridized carbons (Fsp3) is 0.642. The number of carbonyl (C=O) groups is 2. The average Bonchev–Trinajstić information content (AvgIpc) is 4.18. The summed E-state index contributed by atoms with van der Waals surface area (Å²) in [5.74, 6) is 2.96. The van der Waals surface area contributed by atoms with Crippen molar-refractivity contribution < 1.29 is 18.8 Å². The highest BCUT2D eigenvalue weighted by Gasteiger charge is 2.41. The van der Waals surface area contributed by atoms with Crippen LogP contribution in [0.15, 0.2) is 58.7 Å². The van der Waals surface area contributed by atoms with Crippen LogP contribution in [0.3, 0.4) is 0 Å². The van der Waals surface area contributed by atoms with E-state index >= 15 is 0 Å². The number of piperazine rings is 1. The summed E-state index contributed by atoms with van der Waals surface area (Å²) in [7, 11) is 0. The molecule has 10 rings (SSSR count). The Morgan fingerprint density at radius 3 is 2.16 bits per heavy atom. The van der Waals surface area contributed by atoms with Gasteiger partial charge in [0.25, 0.3) is 0 Å². The second kappa shape index (κ2) is 21.2. The summed E-state index contributed by atoms with van der Waals surface area (Å²) in [6, 6.07) is 15.1. The molecule has 0 radical (unpaired) electrons. The van der Waals surface area contributed by atoms with E-state index in [0.29, 0.717) is 36.7 Å². The van der Waals surface area contributed by atoms with Gasteiger partial charge in [0.15, 0.2) is 11.6 Å². The molecule has 5 atom stereocenters. The van der Waals surface area contributed by atoms with E-state index in [4.69, 9.17) is 9.26 Å². The van der Waals surface area contributed by atoms with Crippen LogP contribution in [0.25, 0.3) is 10.4 Å². The Balaban J connectivity index is 0.641. The number of amides is 2. The zero-order valence-corrected chi connectivity index (χ0v) is 41.7. The van der Waals surface area contributed by atoms with E-state index in [2.05, 4.69) is 95.6 Å². The third-order valence-electron chi connectivity index (χ3n) is 16.3. The number of carbonyl (C=O) groups excluding carboxylic acids is 2. The smallest absolute Gasteiger partial charge is 0.243 e. The number of rotatable bonds is 15. The molecule has 3 aromatic heterocycles. The summed E-state index contributed by atoms with van der Waals surface area (Å²) >= 11 is 1.63. The minimum absolute atomic E-state index is 0.0155. The molecule has 6 saturated heterocycles. The monoisotopic (exact) mass is 947 g/mol. The van der Waals surface area contributed by atoms with Gasteiger partial charge in [-0.3, -0.25) is 9.59 Å². The first kappa shape index (κ1) is 47.1. The highest BCUT2D eigenvalue weighted by Crippen LogP contribution is 2.36. The molecule has 1 aromatic carbocycles. The first-order chi connectivity index (χ1) is 33.1. The third-order valence-corrected chi connectivity index (χ3v) is 17.2. The van der Waals surface area contributed by atoms with E-state index in [1.54, 1.807) is 16.2 Å². The number of nitrogens with one attached hydrogen (secondary N) is 2. The topological polar surface area (TPSA) is 135 Å².